The molecule has 0 unspecified atom stereocenters. The minimum Gasteiger partial charge on any atom is -0.0822 e. The molecule has 2 heteroatoms. The Hall–Kier alpha value is -0.860. The number of benzene rings is 2. The van der Waals surface area contributed by atoms with Crippen molar-refractivity contribution in [1.82, 2.24) is 0 Å². The van der Waals surface area contributed by atoms with Crippen LogP contribution in [0.4, 0.5) is 0 Å². The molecule has 2 rings (SSSR count). The van der Waals surface area contributed by atoms with Crippen molar-refractivity contribution in [2.45, 2.75) is 37.2 Å². The van der Waals surface area contributed by atoms with Crippen molar-refractivity contribution >= 4 is 21.6 Å². The molecule has 0 fully saturated rings. The minimum absolute atomic E-state index is 0.109. The summed E-state index contributed by atoms with van der Waals surface area (Å²) in [6.45, 7) is 9.17. The lowest BCUT2D eigenvalue weighted by atomic mass is 10.0. The van der Waals surface area contributed by atoms with Crippen LogP contribution in [0.3, 0.4) is 0 Å². The zero-order valence-electron chi connectivity index (χ0n) is 12.6. The van der Waals surface area contributed by atoms with Gasteiger partial charge in [-0.15, -0.1) is 0 Å². The van der Waals surface area contributed by atoms with Crippen LogP contribution in [-0.4, -0.2) is 0 Å². The van der Waals surface area contributed by atoms with E-state index in [0.29, 0.717) is 0 Å². The summed E-state index contributed by atoms with van der Waals surface area (Å²) in [5.41, 5.74) is 2.75. The lowest BCUT2D eigenvalue weighted by molar-refractivity contribution is 0.778. The van der Waals surface area contributed by atoms with E-state index in [9.17, 15) is 0 Å². The average molecular weight is 303 g/mol. The molecule has 0 heterocycles. The van der Waals surface area contributed by atoms with Gasteiger partial charge in [0, 0.05) is 9.49 Å². The van der Waals surface area contributed by atoms with Gasteiger partial charge >= 0.3 is 0 Å². The van der Waals surface area contributed by atoms with Gasteiger partial charge in [0.05, 0.1) is 0 Å². The Morgan fingerprint density at radius 1 is 0.550 bits per heavy atom. The summed E-state index contributed by atoms with van der Waals surface area (Å²) in [6.07, 6.45) is 0. The molecule has 106 valence electrons. The Morgan fingerprint density at radius 3 is 1.15 bits per heavy atom. The first kappa shape index (κ1) is 15.5. The summed E-state index contributed by atoms with van der Waals surface area (Å²) in [7, 11) is 3.90. The average Bonchev–Trinajstić information content (AvgIpc) is 2.47. The summed E-state index contributed by atoms with van der Waals surface area (Å²) >= 11 is 0. The van der Waals surface area contributed by atoms with Gasteiger partial charge in [-0.25, -0.2) is 0 Å². The predicted molar refractivity (Wildman–Crippen MR) is 94.1 cm³/mol. The van der Waals surface area contributed by atoms with Crippen molar-refractivity contribution < 1.29 is 0 Å². The fraction of sp³-hybridized carbons (Fsp3) is 0.333. The van der Waals surface area contributed by atoms with E-state index >= 15 is 0 Å². The molecule has 2 aromatic rings. The number of hydrogen-bond acceptors (Lipinski definition) is 2. The van der Waals surface area contributed by atoms with Gasteiger partial charge in [0.25, 0.3) is 0 Å². The summed E-state index contributed by atoms with van der Waals surface area (Å²) < 4.78 is 0.218. The molecule has 0 aromatic heterocycles. The Morgan fingerprint density at radius 2 is 0.850 bits per heavy atom. The van der Waals surface area contributed by atoms with Gasteiger partial charge in [-0.05, 0) is 38.8 Å². The summed E-state index contributed by atoms with van der Waals surface area (Å²) in [6, 6.07) is 21.5. The Labute approximate surface area is 130 Å². The molecule has 20 heavy (non-hydrogen) atoms. The Balaban J connectivity index is 2.08. The predicted octanol–water partition coefficient (Wildman–Crippen LogP) is 6.24. The second-order valence-electron chi connectivity index (χ2n) is 5.92. The van der Waals surface area contributed by atoms with Gasteiger partial charge in [0.1, 0.15) is 0 Å². The molecule has 0 bridgehead atoms. The van der Waals surface area contributed by atoms with Crippen LogP contribution in [0, 0.1) is 0 Å². The normalized spacial score (nSPS) is 12.4. The van der Waals surface area contributed by atoms with Crippen LogP contribution in [0.2, 0.25) is 0 Å². The Bertz CT molecular complexity index is 478. The molecule has 0 radical (unpaired) electrons. The van der Waals surface area contributed by atoms with Crippen LogP contribution in [0.25, 0.3) is 0 Å². The largest absolute Gasteiger partial charge is 0.0822 e. The molecule has 0 N–H and O–H groups in total. The molecular formula is C18H22S2. The highest BCUT2D eigenvalue weighted by atomic mass is 33.1. The van der Waals surface area contributed by atoms with E-state index in [1.54, 1.807) is 0 Å². The quantitative estimate of drug-likeness (QED) is 0.600. The third kappa shape index (κ3) is 3.83. The molecule has 0 aliphatic heterocycles. The van der Waals surface area contributed by atoms with Crippen LogP contribution >= 0.6 is 21.6 Å². The van der Waals surface area contributed by atoms with Crippen LogP contribution in [-0.2, 0) is 9.49 Å². The lowest BCUT2D eigenvalue weighted by Gasteiger charge is -2.30. The van der Waals surface area contributed by atoms with Crippen molar-refractivity contribution in [1.29, 1.82) is 0 Å². The fourth-order valence-electron chi connectivity index (χ4n) is 1.98. The topological polar surface area (TPSA) is 0 Å². The SMILES string of the molecule is CC(C)(SSC(C)(C)c1ccccc1)c1ccccc1. The first-order chi connectivity index (χ1) is 9.42. The zero-order valence-corrected chi connectivity index (χ0v) is 14.2. The van der Waals surface area contributed by atoms with Crippen LogP contribution < -0.4 is 0 Å². The van der Waals surface area contributed by atoms with Gasteiger partial charge < -0.3 is 0 Å². The van der Waals surface area contributed by atoms with Gasteiger partial charge in [0.2, 0.25) is 0 Å². The van der Waals surface area contributed by atoms with E-state index in [1.807, 2.05) is 21.6 Å². The van der Waals surface area contributed by atoms with Crippen molar-refractivity contribution in [3.8, 4) is 0 Å². The maximum Gasteiger partial charge on any atom is 0.0455 e. The summed E-state index contributed by atoms with van der Waals surface area (Å²) in [5, 5.41) is 0. The monoisotopic (exact) mass is 302 g/mol. The van der Waals surface area contributed by atoms with Gasteiger partial charge in [0.15, 0.2) is 0 Å². The first-order valence-electron chi connectivity index (χ1n) is 6.90. The summed E-state index contributed by atoms with van der Waals surface area (Å²) in [4.78, 5) is 0. The number of rotatable bonds is 5. The van der Waals surface area contributed by atoms with Crippen LogP contribution in [0.15, 0.2) is 60.7 Å². The van der Waals surface area contributed by atoms with E-state index in [0.717, 1.165) is 0 Å². The van der Waals surface area contributed by atoms with E-state index < -0.39 is 0 Å². The third-order valence-electron chi connectivity index (χ3n) is 3.40. The maximum atomic E-state index is 2.29. The van der Waals surface area contributed by atoms with E-state index in [1.165, 1.54) is 11.1 Å². The fourth-order valence-corrected chi connectivity index (χ4v) is 4.69. The van der Waals surface area contributed by atoms with E-state index in [-0.39, 0.29) is 9.49 Å². The maximum absolute atomic E-state index is 2.29. The number of hydrogen-bond donors (Lipinski definition) is 0. The van der Waals surface area contributed by atoms with Gasteiger partial charge in [-0.3, -0.25) is 0 Å². The highest BCUT2D eigenvalue weighted by Gasteiger charge is 2.28. The van der Waals surface area contributed by atoms with Crippen molar-refractivity contribution in [3.63, 3.8) is 0 Å². The second-order valence-corrected chi connectivity index (χ2v) is 9.29. The molecule has 0 saturated heterocycles. The highest BCUT2D eigenvalue weighted by molar-refractivity contribution is 8.77. The highest BCUT2D eigenvalue weighted by Crippen LogP contribution is 2.51. The van der Waals surface area contributed by atoms with Gasteiger partial charge in [-0.1, -0.05) is 82.3 Å². The van der Waals surface area contributed by atoms with Crippen LogP contribution in [0.1, 0.15) is 38.8 Å². The Kier molecular flexibility index (Phi) is 4.87. The van der Waals surface area contributed by atoms with Crippen molar-refractivity contribution in [2.75, 3.05) is 0 Å². The van der Waals surface area contributed by atoms with Gasteiger partial charge in [-0.2, -0.15) is 0 Å². The van der Waals surface area contributed by atoms with Crippen molar-refractivity contribution in [3.05, 3.63) is 71.8 Å². The molecule has 0 aliphatic rings. The zero-order chi connectivity index (χ0) is 14.6. The van der Waals surface area contributed by atoms with E-state index in [4.69, 9.17) is 0 Å². The molecular weight excluding hydrogens is 280 g/mol. The lowest BCUT2D eigenvalue weighted by Crippen LogP contribution is -2.15. The standard InChI is InChI=1S/C18H22S2/c1-17(2,15-11-7-5-8-12-15)19-20-18(3,4)16-13-9-6-10-14-16/h5-14H,1-4H3. The van der Waals surface area contributed by atoms with Crippen molar-refractivity contribution in [2.24, 2.45) is 0 Å². The molecule has 0 atom stereocenters. The summed E-state index contributed by atoms with van der Waals surface area (Å²) in [5.74, 6) is 0. The van der Waals surface area contributed by atoms with Crippen LogP contribution in [0.5, 0.6) is 0 Å². The molecule has 0 nitrogen and oxygen atoms in total. The minimum atomic E-state index is 0.109. The molecule has 0 saturated carbocycles. The van der Waals surface area contributed by atoms with E-state index in [2.05, 4.69) is 88.4 Å². The molecule has 0 aliphatic carbocycles. The molecule has 2 aromatic carbocycles. The molecule has 0 spiro atoms. The second kappa shape index (κ2) is 6.28. The smallest absolute Gasteiger partial charge is 0.0455 e. The third-order valence-corrected chi connectivity index (χ3v) is 7.53. The molecule has 0 amide bonds. The first-order valence-corrected chi connectivity index (χ1v) is 9.05.